The van der Waals surface area contributed by atoms with E-state index in [1.165, 1.54) is 48.5 Å². The van der Waals surface area contributed by atoms with E-state index in [1.807, 2.05) is 0 Å². The van der Waals surface area contributed by atoms with E-state index in [4.69, 9.17) is 23.2 Å². The molecule has 0 saturated heterocycles. The monoisotopic (exact) mass is 832 g/mol. The maximum Gasteiger partial charge on any atom is 1.00 e. The van der Waals surface area contributed by atoms with Crippen molar-refractivity contribution in [2.45, 2.75) is 35.7 Å². The summed E-state index contributed by atoms with van der Waals surface area (Å²) in [6.07, 6.45) is 0. The van der Waals surface area contributed by atoms with Crippen LogP contribution in [0.15, 0.2) is 115 Å². The standard InChI is InChI=1S/C32H26Cl2N6O10S2.2Na/c1-17(41)29(31(43)35-21-5-9-23(10-6-21)51(45,46)47)39-37-27-13-3-19(15-25(27)33)20-4-14-28(26(34)16-20)38-40-30(18(2)42)32(44)36-22-7-11-24(12-8-22)52(48,49)50;;/h3-16,29-30H,1-2H3,(H,35,43)(H,36,44)(H,45,46,47)(H,48,49,50);;/q;2*+1/p-2. The van der Waals surface area contributed by atoms with Crippen LogP contribution in [0.5, 0.6) is 0 Å². The molecule has 54 heavy (non-hydrogen) atoms. The number of carbonyl (C=O) groups is 4. The van der Waals surface area contributed by atoms with E-state index in [2.05, 4.69) is 31.1 Å². The van der Waals surface area contributed by atoms with E-state index in [-0.39, 0.29) is 91.9 Å². The van der Waals surface area contributed by atoms with Gasteiger partial charge in [-0.1, -0.05) is 35.3 Å². The number of carbonyl (C=O) groups excluding carboxylic acids is 4. The molecule has 0 radical (unpaired) electrons. The van der Waals surface area contributed by atoms with Crippen molar-refractivity contribution in [3.8, 4) is 11.1 Å². The zero-order valence-electron chi connectivity index (χ0n) is 28.7. The minimum atomic E-state index is -4.69. The Morgan fingerprint density at radius 1 is 0.574 bits per heavy atom. The van der Waals surface area contributed by atoms with Gasteiger partial charge in [0.05, 0.1) is 19.8 Å². The number of anilines is 2. The van der Waals surface area contributed by atoms with Crippen molar-refractivity contribution in [2.24, 2.45) is 20.5 Å². The fraction of sp³-hybridized carbons (Fsp3) is 0.125. The topological polar surface area (TPSA) is 256 Å². The van der Waals surface area contributed by atoms with E-state index in [0.29, 0.717) is 11.1 Å². The number of hydrogen-bond acceptors (Lipinski definition) is 14. The Morgan fingerprint density at radius 2 is 0.889 bits per heavy atom. The predicted molar refractivity (Wildman–Crippen MR) is 186 cm³/mol. The minimum Gasteiger partial charge on any atom is -0.744 e. The molecule has 2 unspecified atom stereocenters. The van der Waals surface area contributed by atoms with Gasteiger partial charge < -0.3 is 19.7 Å². The van der Waals surface area contributed by atoms with Crippen molar-refractivity contribution in [1.29, 1.82) is 0 Å². The molecular weight excluding hydrogens is 809 g/mol. The predicted octanol–water partition coefficient (Wildman–Crippen LogP) is -0.163. The van der Waals surface area contributed by atoms with Crippen molar-refractivity contribution in [1.82, 2.24) is 0 Å². The molecule has 0 aromatic heterocycles. The number of Topliss-reactive ketones (excluding diaryl/α,β-unsaturated/α-hetero) is 2. The fourth-order valence-corrected chi connectivity index (χ4v) is 5.62. The van der Waals surface area contributed by atoms with Gasteiger partial charge >= 0.3 is 59.1 Å². The molecule has 0 saturated carbocycles. The number of rotatable bonds is 13. The van der Waals surface area contributed by atoms with Crippen molar-refractivity contribution < 1.29 is 104 Å². The van der Waals surface area contributed by atoms with Gasteiger partial charge in [-0.2, -0.15) is 20.5 Å². The summed E-state index contributed by atoms with van der Waals surface area (Å²) in [7, 11) is -9.37. The summed E-state index contributed by atoms with van der Waals surface area (Å²) in [5.41, 5.74) is 1.58. The molecule has 4 aromatic rings. The Hall–Kier alpha value is -3.24. The Morgan fingerprint density at radius 3 is 1.15 bits per heavy atom. The normalized spacial score (nSPS) is 12.6. The summed E-state index contributed by atoms with van der Waals surface area (Å²) < 4.78 is 66.7. The van der Waals surface area contributed by atoms with Crippen molar-refractivity contribution in [3.63, 3.8) is 0 Å². The van der Waals surface area contributed by atoms with Gasteiger partial charge in [-0.25, -0.2) is 16.8 Å². The number of nitrogens with zero attached hydrogens (tertiary/aromatic N) is 4. The average Bonchev–Trinajstić information content (AvgIpc) is 3.05. The maximum atomic E-state index is 12.7. The average molecular weight is 834 g/mol. The van der Waals surface area contributed by atoms with Crippen molar-refractivity contribution >= 4 is 89.6 Å². The Balaban J connectivity index is 0.00000504. The first-order valence-corrected chi connectivity index (χ1v) is 18.1. The van der Waals surface area contributed by atoms with Gasteiger partial charge in [-0.3, -0.25) is 19.2 Å². The van der Waals surface area contributed by atoms with Crippen LogP contribution < -0.4 is 69.7 Å². The number of hydrogen-bond donors (Lipinski definition) is 2. The zero-order valence-corrected chi connectivity index (χ0v) is 35.8. The smallest absolute Gasteiger partial charge is 0.744 e. The first-order chi connectivity index (χ1) is 24.3. The molecule has 2 atom stereocenters. The molecule has 270 valence electrons. The molecule has 0 aliphatic rings. The largest absolute Gasteiger partial charge is 1.00 e. The second-order valence-corrected chi connectivity index (χ2v) is 14.3. The Bertz CT molecular complexity index is 2180. The molecule has 16 nitrogen and oxygen atoms in total. The summed E-state index contributed by atoms with van der Waals surface area (Å²) in [5.74, 6) is -3.04. The van der Waals surface area contributed by atoms with Crippen LogP contribution in [0.4, 0.5) is 22.7 Å². The summed E-state index contributed by atoms with van der Waals surface area (Å²) in [6.45, 7) is 2.25. The molecule has 4 rings (SSSR count). The molecule has 2 N–H and O–H groups in total. The minimum absolute atomic E-state index is 0. The Labute approximate surface area is 363 Å². The van der Waals surface area contributed by atoms with Gasteiger partial charge in [-0.15, -0.1) is 0 Å². The number of benzene rings is 4. The van der Waals surface area contributed by atoms with Crippen LogP contribution in [0.25, 0.3) is 11.1 Å². The molecule has 0 fully saturated rings. The SMILES string of the molecule is CC(=O)C(N=Nc1ccc(-c2ccc(N=NC(C(C)=O)C(=O)Nc3ccc(S(=O)(=O)[O-])cc3)c(Cl)c2)cc1Cl)C(=O)Nc1ccc(S(=O)(=O)[O-])cc1.[Na+].[Na+]. The zero-order chi connectivity index (χ0) is 38.4. The third kappa shape index (κ3) is 12.9. The van der Waals surface area contributed by atoms with Gasteiger partial charge in [0.15, 0.2) is 11.6 Å². The summed E-state index contributed by atoms with van der Waals surface area (Å²) >= 11 is 12.8. The van der Waals surface area contributed by atoms with Gasteiger partial charge in [0.2, 0.25) is 12.1 Å². The van der Waals surface area contributed by atoms with Crippen molar-refractivity contribution in [2.75, 3.05) is 10.6 Å². The van der Waals surface area contributed by atoms with Gasteiger partial charge in [0.25, 0.3) is 11.8 Å². The van der Waals surface area contributed by atoms with Crippen LogP contribution in [-0.2, 0) is 39.4 Å². The van der Waals surface area contributed by atoms with E-state index in [1.54, 1.807) is 12.1 Å². The third-order valence-electron chi connectivity index (χ3n) is 6.88. The summed E-state index contributed by atoms with van der Waals surface area (Å²) in [6, 6.07) is 14.8. The second-order valence-electron chi connectivity index (χ2n) is 10.7. The van der Waals surface area contributed by atoms with Gasteiger partial charge in [0, 0.05) is 11.4 Å². The molecular formula is C32H24Cl2N6Na2O10S2. The fourth-order valence-electron chi connectivity index (χ4n) is 4.24. The first-order valence-electron chi connectivity index (χ1n) is 14.5. The van der Waals surface area contributed by atoms with Crippen LogP contribution in [0.2, 0.25) is 10.0 Å². The van der Waals surface area contributed by atoms with E-state index in [9.17, 15) is 45.1 Å². The summed E-state index contributed by atoms with van der Waals surface area (Å²) in [5, 5.41) is 20.6. The quantitative estimate of drug-likeness (QED) is 0.0779. The molecule has 0 aliphatic carbocycles. The van der Waals surface area contributed by atoms with Gasteiger partial charge in [0.1, 0.15) is 31.6 Å². The summed E-state index contributed by atoms with van der Waals surface area (Å²) in [4.78, 5) is 48.8. The maximum absolute atomic E-state index is 12.7. The molecule has 0 spiro atoms. The van der Waals surface area contributed by atoms with Gasteiger partial charge in [-0.05, 0) is 97.8 Å². The molecule has 0 aliphatic heterocycles. The van der Waals surface area contributed by atoms with Crippen molar-refractivity contribution in [3.05, 3.63) is 95.0 Å². The van der Waals surface area contributed by atoms with Crippen LogP contribution in [0, 0.1) is 0 Å². The van der Waals surface area contributed by atoms with Crippen LogP contribution in [0.1, 0.15) is 13.8 Å². The number of amides is 2. The van der Waals surface area contributed by atoms with E-state index < -0.39 is 65.5 Å². The molecule has 4 aromatic carbocycles. The van der Waals surface area contributed by atoms with E-state index in [0.717, 1.165) is 38.1 Å². The Kier molecular flexibility index (Phi) is 17.4. The number of halogens is 2. The van der Waals surface area contributed by atoms with Crippen LogP contribution >= 0.6 is 23.2 Å². The third-order valence-corrected chi connectivity index (χ3v) is 9.18. The van der Waals surface area contributed by atoms with Crippen LogP contribution in [0.3, 0.4) is 0 Å². The number of ketones is 2. The number of nitrogens with one attached hydrogen (secondary N) is 2. The van der Waals surface area contributed by atoms with E-state index >= 15 is 0 Å². The molecule has 2 amide bonds. The molecule has 22 heteroatoms. The molecule has 0 heterocycles. The van der Waals surface area contributed by atoms with Crippen LogP contribution in [-0.4, -0.2) is 61.4 Å². The second kappa shape index (κ2) is 20.1. The molecule has 0 bridgehead atoms. The first kappa shape index (κ1) is 46.9. The number of azo groups is 2.